The average Bonchev–Trinajstić information content (AvgIpc) is 3.10. The molecule has 0 spiro atoms. The number of anilines is 1. The van der Waals surface area contributed by atoms with E-state index in [2.05, 4.69) is 9.97 Å². The van der Waals surface area contributed by atoms with E-state index in [0.29, 0.717) is 38.4 Å². The molecular weight excluding hydrogens is 312 g/mol. The lowest BCUT2D eigenvalue weighted by Gasteiger charge is -2.06. The highest BCUT2D eigenvalue weighted by Crippen LogP contribution is 2.37. The Kier molecular flexibility index (Phi) is 2.85. The maximum atomic E-state index is 11.4. The van der Waals surface area contributed by atoms with E-state index in [1.807, 2.05) is 18.2 Å². The van der Waals surface area contributed by atoms with Crippen LogP contribution in [0.1, 0.15) is 15.5 Å². The molecule has 2 aliphatic rings. The molecule has 0 saturated heterocycles. The number of hydrogen-bond acceptors (Lipinski definition) is 6. The zero-order valence-electron chi connectivity index (χ0n) is 12.2. The van der Waals surface area contributed by atoms with Gasteiger partial charge in [0.2, 0.25) is 0 Å². The first kappa shape index (κ1) is 13.7. The fourth-order valence-electron chi connectivity index (χ4n) is 2.53. The third kappa shape index (κ3) is 2.13. The summed E-state index contributed by atoms with van der Waals surface area (Å²) < 4.78 is 5.92. The predicted octanol–water partition coefficient (Wildman–Crippen LogP) is 3.05. The van der Waals surface area contributed by atoms with Gasteiger partial charge in [0.15, 0.2) is 5.76 Å². The molecule has 23 heavy (non-hydrogen) atoms. The van der Waals surface area contributed by atoms with E-state index in [1.54, 1.807) is 19.1 Å². The van der Waals surface area contributed by atoms with Gasteiger partial charge in [0.1, 0.15) is 22.1 Å². The number of nitrogens with zero attached hydrogens (tertiary/aromatic N) is 2. The monoisotopic (exact) mass is 324 g/mol. The minimum Gasteiger partial charge on any atom is -0.454 e. The largest absolute Gasteiger partial charge is 0.454 e. The lowest BCUT2D eigenvalue weighted by Crippen LogP contribution is -2.08. The molecule has 4 rings (SSSR count). The summed E-state index contributed by atoms with van der Waals surface area (Å²) in [5, 5.41) is 0.747. The lowest BCUT2D eigenvalue weighted by atomic mass is 10.1. The second-order valence-electron chi connectivity index (χ2n) is 5.18. The van der Waals surface area contributed by atoms with Gasteiger partial charge in [-0.3, -0.25) is 4.79 Å². The van der Waals surface area contributed by atoms with Crippen LogP contribution in [0.3, 0.4) is 0 Å². The predicted molar refractivity (Wildman–Crippen MR) is 89.4 cm³/mol. The van der Waals surface area contributed by atoms with E-state index in [1.165, 1.54) is 11.3 Å². The van der Waals surface area contributed by atoms with Gasteiger partial charge in [-0.15, -0.1) is 11.3 Å². The third-order valence-electron chi connectivity index (χ3n) is 3.59. The van der Waals surface area contributed by atoms with Gasteiger partial charge in [-0.25, -0.2) is 9.97 Å². The Morgan fingerprint density at radius 2 is 1.96 bits per heavy atom. The van der Waals surface area contributed by atoms with Gasteiger partial charge in [-0.05, 0) is 37.3 Å². The van der Waals surface area contributed by atoms with Crippen molar-refractivity contribution in [2.24, 2.45) is 5.73 Å². The first-order valence-electron chi connectivity index (χ1n) is 6.89. The molecule has 7 heteroatoms. The quantitative estimate of drug-likeness (QED) is 0.589. The molecule has 0 fully saturated rings. The van der Waals surface area contributed by atoms with Crippen molar-refractivity contribution in [2.45, 2.75) is 6.92 Å². The molecule has 1 aliphatic carbocycles. The summed E-state index contributed by atoms with van der Waals surface area (Å²) >= 11 is 1.25. The molecule has 1 amide bonds. The summed E-state index contributed by atoms with van der Waals surface area (Å²) in [5.74, 6) is 1.40. The normalized spacial score (nSPS) is 11.3. The van der Waals surface area contributed by atoms with Crippen LogP contribution in [0.25, 0.3) is 33.0 Å². The number of aryl methyl sites for hydroxylation is 1. The highest BCUT2D eigenvalue weighted by molar-refractivity contribution is 7.20. The molecule has 0 aromatic carbocycles. The molecule has 2 aromatic rings. The number of amides is 1. The Hall–Kier alpha value is -2.93. The van der Waals surface area contributed by atoms with Crippen molar-refractivity contribution in [1.82, 2.24) is 9.97 Å². The average molecular weight is 324 g/mol. The van der Waals surface area contributed by atoms with Crippen molar-refractivity contribution in [3.8, 4) is 22.8 Å². The maximum absolute atomic E-state index is 11.4. The number of carbonyl (C=O) groups is 1. The van der Waals surface area contributed by atoms with Crippen LogP contribution < -0.4 is 11.5 Å². The van der Waals surface area contributed by atoms with E-state index in [-0.39, 0.29) is 0 Å². The molecular formula is C16H12N4O2S. The van der Waals surface area contributed by atoms with Crippen molar-refractivity contribution in [1.29, 1.82) is 0 Å². The molecule has 4 N–H and O–H groups in total. The minimum atomic E-state index is -0.479. The zero-order valence-corrected chi connectivity index (χ0v) is 13.0. The number of nitrogens with two attached hydrogens (primary N) is 2. The van der Waals surface area contributed by atoms with Gasteiger partial charge in [0.25, 0.3) is 5.91 Å². The van der Waals surface area contributed by atoms with Crippen molar-refractivity contribution in [2.75, 3.05) is 5.73 Å². The zero-order chi connectivity index (χ0) is 16.1. The van der Waals surface area contributed by atoms with E-state index in [9.17, 15) is 4.79 Å². The molecule has 0 atom stereocenters. The minimum absolute atomic E-state index is 0.444. The summed E-state index contributed by atoms with van der Waals surface area (Å²) in [6.45, 7) is 1.80. The Bertz CT molecular complexity index is 1030. The molecule has 0 unspecified atom stereocenters. The van der Waals surface area contributed by atoms with Gasteiger partial charge in [0.05, 0.1) is 4.88 Å². The Morgan fingerprint density at radius 1 is 1.17 bits per heavy atom. The molecule has 1 aliphatic heterocycles. The summed E-state index contributed by atoms with van der Waals surface area (Å²) in [4.78, 5) is 21.4. The van der Waals surface area contributed by atoms with Gasteiger partial charge >= 0.3 is 0 Å². The van der Waals surface area contributed by atoms with Crippen LogP contribution in [0.2, 0.25) is 0 Å². The topological polar surface area (TPSA) is 108 Å². The molecule has 3 heterocycles. The number of primary amides is 1. The van der Waals surface area contributed by atoms with Crippen LogP contribution in [0.5, 0.6) is 0 Å². The highest BCUT2D eigenvalue weighted by atomic mass is 32.1. The molecule has 0 bridgehead atoms. The number of carbonyl (C=O) groups excluding carboxylic acids is 1. The first-order valence-corrected chi connectivity index (χ1v) is 7.71. The fraction of sp³-hybridized carbons (Fsp3) is 0.0625. The first-order chi connectivity index (χ1) is 11.0. The second-order valence-corrected chi connectivity index (χ2v) is 6.21. The summed E-state index contributed by atoms with van der Waals surface area (Å²) in [7, 11) is 0. The van der Waals surface area contributed by atoms with Gasteiger partial charge < -0.3 is 15.9 Å². The summed E-state index contributed by atoms with van der Waals surface area (Å²) in [5.41, 5.74) is 13.4. The Balaban J connectivity index is 1.99. The Morgan fingerprint density at radius 3 is 2.74 bits per heavy atom. The van der Waals surface area contributed by atoms with Crippen molar-refractivity contribution >= 4 is 33.1 Å². The van der Waals surface area contributed by atoms with Gasteiger partial charge in [-0.2, -0.15) is 0 Å². The van der Waals surface area contributed by atoms with E-state index in [0.717, 1.165) is 10.9 Å². The molecule has 0 radical (unpaired) electrons. The summed E-state index contributed by atoms with van der Waals surface area (Å²) in [6.07, 6.45) is 0. The number of thiophene rings is 1. The van der Waals surface area contributed by atoms with Crippen molar-refractivity contribution < 1.29 is 9.21 Å². The molecule has 114 valence electrons. The number of hydrogen-bond donors (Lipinski definition) is 2. The van der Waals surface area contributed by atoms with Crippen LogP contribution in [-0.2, 0) is 0 Å². The smallest absolute Gasteiger partial charge is 0.258 e. The maximum Gasteiger partial charge on any atom is 0.258 e. The third-order valence-corrected chi connectivity index (χ3v) is 4.64. The number of nitrogen functional groups attached to an aromatic ring is 1. The van der Waals surface area contributed by atoms with Crippen molar-refractivity contribution in [3.05, 3.63) is 41.0 Å². The van der Waals surface area contributed by atoms with Crippen LogP contribution in [0, 0.1) is 6.92 Å². The molecule has 2 aromatic heterocycles. The van der Waals surface area contributed by atoms with E-state index < -0.39 is 5.91 Å². The number of aromatic nitrogens is 2. The Labute approximate surface area is 135 Å². The number of rotatable bonds is 2. The molecule has 6 nitrogen and oxygen atoms in total. The van der Waals surface area contributed by atoms with Gasteiger partial charge in [-0.1, -0.05) is 0 Å². The lowest BCUT2D eigenvalue weighted by molar-refractivity contribution is 0.100. The van der Waals surface area contributed by atoms with Crippen molar-refractivity contribution in [3.63, 3.8) is 0 Å². The van der Waals surface area contributed by atoms with Crippen LogP contribution in [-0.4, -0.2) is 15.9 Å². The highest BCUT2D eigenvalue weighted by Gasteiger charge is 2.18. The van der Waals surface area contributed by atoms with Crippen LogP contribution in [0.15, 0.2) is 34.7 Å². The molecule has 0 saturated carbocycles. The van der Waals surface area contributed by atoms with Gasteiger partial charge in [0, 0.05) is 16.6 Å². The van der Waals surface area contributed by atoms with E-state index in [4.69, 9.17) is 15.9 Å². The number of fused-ring (bicyclic) bond motifs is 2. The van der Waals surface area contributed by atoms with Crippen LogP contribution >= 0.6 is 11.3 Å². The SMILES string of the molecule is Cc1nc(-c2ccc3c(N)ccc-3o2)c2cc(C(N)=O)sc2n1. The standard InChI is InChI=1S/C16H12N4O2S/c1-7-19-14(9-6-13(15(18)21)23-16(9)20-7)12-4-2-8-10(17)3-5-11(8)22-12/h2-6H,17H2,1H3,(H2,18,21). The fourth-order valence-corrected chi connectivity index (χ4v) is 3.46. The van der Waals surface area contributed by atoms with E-state index >= 15 is 0 Å². The summed E-state index contributed by atoms with van der Waals surface area (Å²) in [6, 6.07) is 9.04. The van der Waals surface area contributed by atoms with Crippen LogP contribution in [0.4, 0.5) is 5.69 Å². The second kappa shape index (κ2) is 4.79.